The minimum absolute atomic E-state index is 0.0178. The molecular weight excluding hydrogens is 424 g/mol. The molecule has 3 rings (SSSR count). The van der Waals surface area contributed by atoms with E-state index in [0.29, 0.717) is 5.56 Å². The first-order chi connectivity index (χ1) is 13.4. The molecule has 0 aliphatic heterocycles. The third-order valence-corrected chi connectivity index (χ3v) is 6.29. The van der Waals surface area contributed by atoms with Crippen molar-refractivity contribution in [2.24, 2.45) is 0 Å². The summed E-state index contributed by atoms with van der Waals surface area (Å²) in [4.78, 5) is 26.9. The number of carbonyl (C=O) groups excluding carboxylic acids is 2. The van der Waals surface area contributed by atoms with Crippen LogP contribution in [-0.2, 0) is 11.3 Å². The third-order valence-electron chi connectivity index (χ3n) is 4.68. The average molecular weight is 444 g/mol. The number of nitrogens with zero attached hydrogens (tertiary/aromatic N) is 2. The molecule has 1 N–H and O–H groups in total. The Balaban J connectivity index is 1.75. The number of rotatable bonds is 6. The van der Waals surface area contributed by atoms with Gasteiger partial charge >= 0.3 is 0 Å². The van der Waals surface area contributed by atoms with Gasteiger partial charge in [0.25, 0.3) is 5.91 Å². The lowest BCUT2D eigenvalue weighted by Crippen LogP contribution is -2.44. The summed E-state index contributed by atoms with van der Waals surface area (Å²) in [7, 11) is 0. The highest BCUT2D eigenvalue weighted by Gasteiger charge is 2.26. The van der Waals surface area contributed by atoms with Gasteiger partial charge in [-0.05, 0) is 42.1 Å². The van der Waals surface area contributed by atoms with Crippen LogP contribution in [0.3, 0.4) is 0 Å². The van der Waals surface area contributed by atoms with E-state index in [0.717, 1.165) is 37.2 Å². The maximum absolute atomic E-state index is 13.2. The molecule has 0 saturated heterocycles. The summed E-state index contributed by atoms with van der Waals surface area (Å²) in [6, 6.07) is 5.91. The van der Waals surface area contributed by atoms with Crippen molar-refractivity contribution < 1.29 is 14.0 Å². The molecule has 1 aliphatic rings. The quantitative estimate of drug-likeness (QED) is 0.704. The van der Waals surface area contributed by atoms with Gasteiger partial charge in [-0.1, -0.05) is 54.6 Å². The molecule has 1 saturated carbocycles. The van der Waals surface area contributed by atoms with Gasteiger partial charge in [0.1, 0.15) is 21.7 Å². The fourth-order valence-corrected chi connectivity index (χ4v) is 4.23. The summed E-state index contributed by atoms with van der Waals surface area (Å²) >= 11 is 12.9. The predicted octanol–water partition coefficient (Wildman–Crippen LogP) is 4.68. The summed E-state index contributed by atoms with van der Waals surface area (Å²) in [5.41, 5.74) is 0.710. The van der Waals surface area contributed by atoms with Gasteiger partial charge in [-0.2, -0.15) is 4.37 Å². The maximum Gasteiger partial charge on any atom is 0.275 e. The Labute approximate surface area is 177 Å². The summed E-state index contributed by atoms with van der Waals surface area (Å²) in [6.45, 7) is -0.0130. The minimum Gasteiger partial charge on any atom is -0.352 e. The summed E-state index contributed by atoms with van der Waals surface area (Å²) in [6.07, 6.45) is 5.27. The zero-order chi connectivity index (χ0) is 20.1. The number of benzene rings is 1. The molecule has 0 spiro atoms. The van der Waals surface area contributed by atoms with E-state index in [9.17, 15) is 14.0 Å². The van der Waals surface area contributed by atoms with Crippen LogP contribution in [0.2, 0.25) is 9.36 Å². The molecule has 9 heteroatoms. The van der Waals surface area contributed by atoms with Gasteiger partial charge in [0.05, 0.1) is 0 Å². The molecule has 1 aromatic heterocycles. The van der Waals surface area contributed by atoms with Gasteiger partial charge in [0.15, 0.2) is 5.69 Å². The van der Waals surface area contributed by atoms with Crippen molar-refractivity contribution in [2.75, 3.05) is 6.54 Å². The second-order valence-electron chi connectivity index (χ2n) is 6.81. The first-order valence-corrected chi connectivity index (χ1v) is 10.6. The minimum atomic E-state index is -0.490. The van der Waals surface area contributed by atoms with E-state index in [2.05, 4.69) is 9.69 Å². The molecule has 1 aliphatic carbocycles. The van der Waals surface area contributed by atoms with Crippen LogP contribution < -0.4 is 5.32 Å². The lowest BCUT2D eigenvalue weighted by atomic mass is 9.95. The molecule has 0 atom stereocenters. The number of halogens is 3. The summed E-state index contributed by atoms with van der Waals surface area (Å²) in [5, 5.41) is 3.08. The molecule has 0 radical (unpaired) electrons. The summed E-state index contributed by atoms with van der Waals surface area (Å²) < 4.78 is 17.4. The van der Waals surface area contributed by atoms with E-state index < -0.39 is 5.91 Å². The maximum atomic E-state index is 13.2. The smallest absolute Gasteiger partial charge is 0.275 e. The number of amides is 2. The molecule has 0 unspecified atom stereocenters. The van der Waals surface area contributed by atoms with Crippen LogP contribution in [0.4, 0.5) is 4.39 Å². The average Bonchev–Trinajstić information content (AvgIpc) is 3.02. The molecule has 5 nitrogen and oxygen atoms in total. The Bertz CT molecular complexity index is 838. The zero-order valence-electron chi connectivity index (χ0n) is 15.1. The topological polar surface area (TPSA) is 62.3 Å². The van der Waals surface area contributed by atoms with Gasteiger partial charge in [-0.25, -0.2) is 4.39 Å². The number of hydrogen-bond acceptors (Lipinski definition) is 4. The zero-order valence-corrected chi connectivity index (χ0v) is 17.4. The number of carbonyl (C=O) groups is 2. The second-order valence-corrected chi connectivity index (χ2v) is 8.56. The van der Waals surface area contributed by atoms with E-state index in [1.54, 1.807) is 12.1 Å². The molecule has 1 heterocycles. The van der Waals surface area contributed by atoms with Gasteiger partial charge in [-0.3, -0.25) is 9.59 Å². The monoisotopic (exact) mass is 443 g/mol. The van der Waals surface area contributed by atoms with E-state index in [1.165, 1.54) is 23.5 Å². The molecule has 1 fully saturated rings. The first-order valence-electron chi connectivity index (χ1n) is 9.08. The van der Waals surface area contributed by atoms with E-state index in [1.807, 2.05) is 0 Å². The van der Waals surface area contributed by atoms with Crippen molar-refractivity contribution in [1.82, 2.24) is 14.6 Å². The van der Waals surface area contributed by atoms with Gasteiger partial charge in [-0.15, -0.1) is 0 Å². The number of nitrogens with one attached hydrogen (secondary N) is 1. The van der Waals surface area contributed by atoms with Crippen molar-refractivity contribution >= 4 is 46.5 Å². The van der Waals surface area contributed by atoms with Crippen molar-refractivity contribution in [2.45, 2.75) is 44.7 Å². The lowest BCUT2D eigenvalue weighted by Gasteiger charge is -2.26. The number of aromatic nitrogens is 1. The largest absolute Gasteiger partial charge is 0.352 e. The van der Waals surface area contributed by atoms with Gasteiger partial charge < -0.3 is 10.2 Å². The molecule has 2 amide bonds. The highest BCUT2D eigenvalue weighted by Crippen LogP contribution is 2.30. The van der Waals surface area contributed by atoms with Crippen molar-refractivity contribution in [3.8, 4) is 0 Å². The molecule has 2 aromatic rings. The van der Waals surface area contributed by atoms with Crippen molar-refractivity contribution in [3.63, 3.8) is 0 Å². The van der Waals surface area contributed by atoms with Crippen LogP contribution in [0.25, 0.3) is 0 Å². The van der Waals surface area contributed by atoms with Gasteiger partial charge in [0.2, 0.25) is 5.91 Å². The van der Waals surface area contributed by atoms with E-state index >= 15 is 0 Å². The lowest BCUT2D eigenvalue weighted by molar-refractivity contribution is -0.122. The first kappa shape index (κ1) is 21.0. The standard InChI is InChI=1S/C19H20Cl2FN3O2S/c20-16-17(24-28-18(16)21)19(27)25(10-12-6-8-13(22)9-7-12)11-15(26)23-14-4-2-1-3-5-14/h6-9,14H,1-5,10-11H2,(H,23,26). The highest BCUT2D eigenvalue weighted by atomic mass is 35.5. The summed E-state index contributed by atoms with van der Waals surface area (Å²) in [5.74, 6) is -1.10. The third kappa shape index (κ3) is 5.43. The number of hydrogen-bond donors (Lipinski definition) is 1. The van der Waals surface area contributed by atoms with Crippen LogP contribution in [-0.4, -0.2) is 33.7 Å². The van der Waals surface area contributed by atoms with Crippen LogP contribution in [0.15, 0.2) is 24.3 Å². The second kappa shape index (κ2) is 9.67. The van der Waals surface area contributed by atoms with Crippen molar-refractivity contribution in [1.29, 1.82) is 0 Å². The molecule has 28 heavy (non-hydrogen) atoms. The van der Waals surface area contributed by atoms with Gasteiger partial charge in [0, 0.05) is 12.6 Å². The Morgan fingerprint density at radius 3 is 2.46 bits per heavy atom. The normalized spacial score (nSPS) is 14.7. The fourth-order valence-electron chi connectivity index (χ4n) is 3.24. The van der Waals surface area contributed by atoms with E-state index in [4.69, 9.17) is 23.2 Å². The Morgan fingerprint density at radius 2 is 1.86 bits per heavy atom. The highest BCUT2D eigenvalue weighted by molar-refractivity contribution is 7.11. The molecule has 1 aromatic carbocycles. The van der Waals surface area contributed by atoms with Crippen molar-refractivity contribution in [3.05, 3.63) is 50.7 Å². The predicted molar refractivity (Wildman–Crippen MR) is 108 cm³/mol. The SMILES string of the molecule is O=C(CN(Cc1ccc(F)cc1)C(=O)c1nsc(Cl)c1Cl)NC1CCCCC1. The van der Waals surface area contributed by atoms with Crippen LogP contribution in [0.1, 0.15) is 48.2 Å². The van der Waals surface area contributed by atoms with Crippen LogP contribution >= 0.6 is 34.7 Å². The Hall–Kier alpha value is -1.70. The van der Waals surface area contributed by atoms with Crippen LogP contribution in [0, 0.1) is 5.82 Å². The van der Waals surface area contributed by atoms with Crippen LogP contribution in [0.5, 0.6) is 0 Å². The Kier molecular flexibility index (Phi) is 7.26. The molecular formula is C19H20Cl2FN3O2S. The fraction of sp³-hybridized carbons (Fsp3) is 0.421. The molecule has 0 bridgehead atoms. The molecule has 150 valence electrons. The Morgan fingerprint density at radius 1 is 1.18 bits per heavy atom. The van der Waals surface area contributed by atoms with E-state index in [-0.39, 0.29) is 45.9 Å².